The second kappa shape index (κ2) is 9.37. The zero-order valence-electron chi connectivity index (χ0n) is 20.7. The maximum Gasteiger partial charge on any atom is 0.245 e. The van der Waals surface area contributed by atoms with E-state index in [1.165, 1.54) is 0 Å². The van der Waals surface area contributed by atoms with Crippen LogP contribution in [0.25, 0.3) is 22.6 Å². The third kappa shape index (κ3) is 4.65. The highest BCUT2D eigenvalue weighted by Gasteiger charge is 2.41. The molecule has 2 aliphatic rings. The predicted octanol–water partition coefficient (Wildman–Crippen LogP) is 5.60. The van der Waals surface area contributed by atoms with E-state index < -0.39 is 0 Å². The van der Waals surface area contributed by atoms with Gasteiger partial charge in [0.1, 0.15) is 29.6 Å². The first-order valence-corrected chi connectivity index (χ1v) is 13.0. The highest BCUT2D eigenvalue weighted by atomic mass is 35.5. The Morgan fingerprint density at radius 2 is 1.81 bits per heavy atom. The summed E-state index contributed by atoms with van der Waals surface area (Å²) in [6.07, 6.45) is 5.70. The molecule has 0 bridgehead atoms. The van der Waals surface area contributed by atoms with E-state index in [-0.39, 0.29) is 11.7 Å². The first-order valence-electron chi connectivity index (χ1n) is 12.6. The molecule has 6 rings (SSSR count). The van der Waals surface area contributed by atoms with Crippen LogP contribution in [0.5, 0.6) is 11.6 Å². The van der Waals surface area contributed by atoms with Crippen molar-refractivity contribution in [2.75, 3.05) is 20.1 Å². The summed E-state index contributed by atoms with van der Waals surface area (Å²) in [7, 11) is 2.14. The zero-order chi connectivity index (χ0) is 24.7. The Morgan fingerprint density at radius 1 is 1.03 bits per heavy atom. The average Bonchev–Trinajstić information content (AvgIpc) is 3.50. The van der Waals surface area contributed by atoms with Crippen LogP contribution in [-0.2, 0) is 6.54 Å². The van der Waals surface area contributed by atoms with Crippen LogP contribution in [0.1, 0.15) is 38.2 Å². The number of fused-ring (bicyclic) bond motifs is 1. The van der Waals surface area contributed by atoms with Crippen LogP contribution < -0.4 is 9.47 Å². The van der Waals surface area contributed by atoms with Crippen molar-refractivity contribution in [1.82, 2.24) is 24.4 Å². The number of piperidine rings is 1. The van der Waals surface area contributed by atoms with Crippen LogP contribution in [0.4, 0.5) is 0 Å². The molecule has 0 unspecified atom stereocenters. The van der Waals surface area contributed by atoms with Crippen molar-refractivity contribution < 1.29 is 9.47 Å². The van der Waals surface area contributed by atoms with Gasteiger partial charge in [-0.1, -0.05) is 48.0 Å². The monoisotopic (exact) mass is 503 g/mol. The summed E-state index contributed by atoms with van der Waals surface area (Å²) in [5.41, 5.74) is 3.14. The minimum absolute atomic E-state index is 0.155. The molecule has 2 aromatic carbocycles. The summed E-state index contributed by atoms with van der Waals surface area (Å²) in [6.45, 7) is 4.74. The Hall–Kier alpha value is -3.16. The average molecular weight is 504 g/mol. The Bertz CT molecular complexity index is 1380. The molecule has 8 heteroatoms. The number of hydrogen-bond acceptors (Lipinski definition) is 6. The van der Waals surface area contributed by atoms with Gasteiger partial charge in [0.2, 0.25) is 5.88 Å². The van der Waals surface area contributed by atoms with Crippen LogP contribution >= 0.6 is 11.6 Å². The number of aromatic nitrogens is 4. The van der Waals surface area contributed by atoms with Crippen LogP contribution in [0, 0.1) is 0 Å². The van der Waals surface area contributed by atoms with Crippen molar-refractivity contribution in [2.45, 2.75) is 50.9 Å². The van der Waals surface area contributed by atoms with Crippen molar-refractivity contribution in [3.8, 4) is 23.0 Å². The molecule has 3 heterocycles. The third-order valence-corrected chi connectivity index (χ3v) is 7.53. The molecule has 0 spiro atoms. The van der Waals surface area contributed by atoms with E-state index in [2.05, 4.69) is 45.5 Å². The molecule has 0 amide bonds. The van der Waals surface area contributed by atoms with Crippen molar-refractivity contribution in [1.29, 1.82) is 0 Å². The molecule has 1 aliphatic carbocycles. The maximum absolute atomic E-state index is 6.99. The molecule has 4 aromatic rings. The number of rotatable bonds is 7. The lowest BCUT2D eigenvalue weighted by atomic mass is 10.1. The number of likely N-dealkylation sites (tertiary alicyclic amines) is 1. The fourth-order valence-corrected chi connectivity index (χ4v) is 4.94. The number of imidazole rings is 1. The lowest BCUT2D eigenvalue weighted by Gasteiger charge is -2.29. The Balaban J connectivity index is 1.43. The van der Waals surface area contributed by atoms with Gasteiger partial charge in [-0.15, -0.1) is 0 Å². The fourth-order valence-electron chi connectivity index (χ4n) is 4.68. The van der Waals surface area contributed by atoms with Gasteiger partial charge >= 0.3 is 0 Å². The second-order valence-corrected chi connectivity index (χ2v) is 10.5. The summed E-state index contributed by atoms with van der Waals surface area (Å²) in [5, 5.41) is 0.561. The Labute approximate surface area is 216 Å². The molecule has 1 saturated heterocycles. The third-order valence-electron chi connectivity index (χ3n) is 7.14. The fraction of sp³-hybridized carbons (Fsp3) is 0.393. The topological polar surface area (TPSA) is 65.3 Å². The van der Waals surface area contributed by atoms with Gasteiger partial charge < -0.3 is 18.9 Å². The SMILES string of the molecule is CN1CCC(Oc2cccc(-c3nc4c(OC5(C)CC5)ncnc4n3Cc3ccccc3)c2Cl)CC1. The normalized spacial score (nSPS) is 17.9. The number of benzene rings is 2. The quantitative estimate of drug-likeness (QED) is 0.327. The Kier molecular flexibility index (Phi) is 6.05. The van der Waals surface area contributed by atoms with Crippen LogP contribution in [-0.4, -0.2) is 56.3 Å². The first kappa shape index (κ1) is 23.3. The van der Waals surface area contributed by atoms with Gasteiger partial charge in [-0.2, -0.15) is 4.98 Å². The largest absolute Gasteiger partial charge is 0.489 e. The van der Waals surface area contributed by atoms with E-state index in [1.807, 2.05) is 36.4 Å². The summed E-state index contributed by atoms with van der Waals surface area (Å²) in [6, 6.07) is 16.2. The first-order chi connectivity index (χ1) is 17.5. The van der Waals surface area contributed by atoms with E-state index >= 15 is 0 Å². The molecule has 0 N–H and O–H groups in total. The van der Waals surface area contributed by atoms with Crippen molar-refractivity contribution in [3.63, 3.8) is 0 Å². The molecule has 0 radical (unpaired) electrons. The summed E-state index contributed by atoms with van der Waals surface area (Å²) < 4.78 is 14.7. The highest BCUT2D eigenvalue weighted by Crippen LogP contribution is 2.42. The number of ether oxygens (including phenoxy) is 2. The van der Waals surface area contributed by atoms with Gasteiger partial charge in [-0.05, 0) is 57.4 Å². The van der Waals surface area contributed by atoms with E-state index in [0.29, 0.717) is 28.7 Å². The van der Waals surface area contributed by atoms with Gasteiger partial charge in [0, 0.05) is 18.7 Å². The molecule has 2 aromatic heterocycles. The van der Waals surface area contributed by atoms with Gasteiger partial charge in [-0.25, -0.2) is 9.97 Å². The Morgan fingerprint density at radius 3 is 2.56 bits per heavy atom. The zero-order valence-corrected chi connectivity index (χ0v) is 21.4. The smallest absolute Gasteiger partial charge is 0.245 e. The molecular weight excluding hydrogens is 474 g/mol. The standard InChI is InChI=1S/C28H30ClN5O2/c1-28(13-14-28)36-27-24-26(30-18-31-27)34(17-19-7-4-3-5-8-19)25(32-24)21-9-6-10-22(23(21)29)35-20-11-15-33(2)16-12-20/h3-10,18,20H,11-17H2,1-2H3. The van der Waals surface area contributed by atoms with Gasteiger partial charge in [0.15, 0.2) is 11.2 Å². The lowest BCUT2D eigenvalue weighted by Crippen LogP contribution is -2.35. The summed E-state index contributed by atoms with van der Waals surface area (Å²) in [5.74, 6) is 1.93. The van der Waals surface area contributed by atoms with E-state index in [0.717, 1.165) is 61.4 Å². The summed E-state index contributed by atoms with van der Waals surface area (Å²) >= 11 is 6.99. The molecule has 36 heavy (non-hydrogen) atoms. The molecule has 0 atom stereocenters. The van der Waals surface area contributed by atoms with E-state index in [4.69, 9.17) is 26.1 Å². The second-order valence-electron chi connectivity index (χ2n) is 10.1. The predicted molar refractivity (Wildman–Crippen MR) is 141 cm³/mol. The van der Waals surface area contributed by atoms with E-state index in [1.54, 1.807) is 6.33 Å². The van der Waals surface area contributed by atoms with Crippen molar-refractivity contribution >= 4 is 22.8 Å². The maximum atomic E-state index is 6.99. The molecule has 1 aliphatic heterocycles. The minimum atomic E-state index is -0.176. The van der Waals surface area contributed by atoms with E-state index in [9.17, 15) is 0 Å². The molecular formula is C28H30ClN5O2. The van der Waals surface area contributed by atoms with Crippen molar-refractivity contribution in [2.24, 2.45) is 0 Å². The summed E-state index contributed by atoms with van der Waals surface area (Å²) in [4.78, 5) is 16.4. The van der Waals surface area contributed by atoms with Gasteiger partial charge in [-0.3, -0.25) is 0 Å². The van der Waals surface area contributed by atoms with Gasteiger partial charge in [0.05, 0.1) is 11.6 Å². The number of nitrogens with zero attached hydrogens (tertiary/aromatic N) is 5. The minimum Gasteiger partial charge on any atom is -0.489 e. The molecule has 1 saturated carbocycles. The lowest BCUT2D eigenvalue weighted by molar-refractivity contribution is 0.114. The van der Waals surface area contributed by atoms with Gasteiger partial charge in [0.25, 0.3) is 0 Å². The highest BCUT2D eigenvalue weighted by molar-refractivity contribution is 6.34. The van der Waals surface area contributed by atoms with Crippen molar-refractivity contribution in [3.05, 3.63) is 65.4 Å². The molecule has 186 valence electrons. The van der Waals surface area contributed by atoms with Crippen LogP contribution in [0.3, 0.4) is 0 Å². The van der Waals surface area contributed by atoms with Crippen LogP contribution in [0.15, 0.2) is 54.9 Å². The number of halogens is 1. The molecule has 7 nitrogen and oxygen atoms in total. The molecule has 2 fully saturated rings. The van der Waals surface area contributed by atoms with Crippen LogP contribution in [0.2, 0.25) is 5.02 Å². The number of hydrogen-bond donors (Lipinski definition) is 0.